The van der Waals surface area contributed by atoms with Crippen LogP contribution in [0.4, 0.5) is 5.00 Å². The molecule has 0 unspecified atom stereocenters. The summed E-state index contributed by atoms with van der Waals surface area (Å²) in [5.41, 5.74) is 2.11. The number of hydrogen-bond acceptors (Lipinski definition) is 6. The summed E-state index contributed by atoms with van der Waals surface area (Å²) in [5.74, 6) is -0.569. The summed E-state index contributed by atoms with van der Waals surface area (Å²) in [7, 11) is 2.82. The fourth-order valence-electron chi connectivity index (χ4n) is 3.11. The number of ether oxygens (including phenoxy) is 2. The average molecular weight is 467 g/mol. The molecule has 162 valence electrons. The van der Waals surface area contributed by atoms with Gasteiger partial charge in [-0.25, -0.2) is 4.79 Å². The number of aryl methyl sites for hydroxylation is 1. The number of amides is 1. The molecule has 3 rings (SSSR count). The monoisotopic (exact) mass is 466 g/mol. The molecular formula is C24H19ClN2O4S. The van der Waals surface area contributed by atoms with Crippen LogP contribution in [0.25, 0.3) is 17.2 Å². The van der Waals surface area contributed by atoms with Gasteiger partial charge in [-0.1, -0.05) is 35.9 Å². The molecule has 32 heavy (non-hydrogen) atoms. The highest BCUT2D eigenvalue weighted by Gasteiger charge is 2.26. The molecule has 1 N–H and O–H groups in total. The summed E-state index contributed by atoms with van der Waals surface area (Å²) in [6.45, 7) is 1.83. The van der Waals surface area contributed by atoms with Gasteiger partial charge in [-0.15, -0.1) is 11.3 Å². The third kappa shape index (κ3) is 4.99. The Balaban J connectivity index is 1.99. The van der Waals surface area contributed by atoms with Gasteiger partial charge in [-0.2, -0.15) is 5.26 Å². The highest BCUT2D eigenvalue weighted by atomic mass is 35.5. The lowest BCUT2D eigenvalue weighted by Crippen LogP contribution is -2.15. The van der Waals surface area contributed by atoms with Crippen molar-refractivity contribution >= 4 is 45.9 Å². The van der Waals surface area contributed by atoms with Gasteiger partial charge < -0.3 is 14.8 Å². The SMILES string of the molecule is COC(=O)c1c(NC(=O)/C(C#N)=C/c2ccc(OC)cc2)sc(C)c1-c1cccc(Cl)c1. The van der Waals surface area contributed by atoms with Gasteiger partial charge in [0.05, 0.1) is 14.2 Å². The number of anilines is 1. The molecule has 0 fully saturated rings. The minimum absolute atomic E-state index is 0.110. The lowest BCUT2D eigenvalue weighted by Gasteiger charge is -2.08. The Morgan fingerprint density at radius 2 is 1.88 bits per heavy atom. The number of nitrogens with zero attached hydrogens (tertiary/aromatic N) is 1. The number of methoxy groups -OCH3 is 2. The Morgan fingerprint density at radius 3 is 2.47 bits per heavy atom. The third-order valence-corrected chi connectivity index (χ3v) is 5.86. The smallest absolute Gasteiger partial charge is 0.341 e. The number of nitrogens with one attached hydrogen (secondary N) is 1. The van der Waals surface area contributed by atoms with Crippen LogP contribution in [0.2, 0.25) is 5.02 Å². The molecule has 0 saturated heterocycles. The zero-order valence-corrected chi connectivity index (χ0v) is 19.1. The van der Waals surface area contributed by atoms with Gasteiger partial charge in [0.15, 0.2) is 0 Å². The lowest BCUT2D eigenvalue weighted by atomic mass is 10.0. The van der Waals surface area contributed by atoms with E-state index in [1.165, 1.54) is 24.5 Å². The fraction of sp³-hybridized carbons (Fsp3) is 0.125. The van der Waals surface area contributed by atoms with Crippen LogP contribution in [0.15, 0.2) is 54.1 Å². The highest BCUT2D eigenvalue weighted by Crippen LogP contribution is 2.41. The molecule has 1 heterocycles. The van der Waals surface area contributed by atoms with Gasteiger partial charge in [0.2, 0.25) is 0 Å². The van der Waals surface area contributed by atoms with Crippen molar-refractivity contribution in [3.63, 3.8) is 0 Å². The Kier molecular flexibility index (Phi) is 7.31. The molecule has 0 aliphatic rings. The quantitative estimate of drug-likeness (QED) is 0.285. The maximum Gasteiger partial charge on any atom is 0.341 e. The first-order valence-electron chi connectivity index (χ1n) is 9.42. The van der Waals surface area contributed by atoms with E-state index in [0.717, 1.165) is 10.4 Å². The second-order valence-corrected chi connectivity index (χ2v) is 8.30. The van der Waals surface area contributed by atoms with E-state index in [-0.39, 0.29) is 11.1 Å². The Morgan fingerprint density at radius 1 is 1.16 bits per heavy atom. The van der Waals surface area contributed by atoms with Crippen LogP contribution < -0.4 is 10.1 Å². The zero-order valence-electron chi connectivity index (χ0n) is 17.6. The first-order valence-corrected chi connectivity index (χ1v) is 10.6. The van der Waals surface area contributed by atoms with E-state index in [9.17, 15) is 14.9 Å². The Bertz CT molecular complexity index is 1240. The van der Waals surface area contributed by atoms with E-state index in [4.69, 9.17) is 21.1 Å². The second kappa shape index (κ2) is 10.1. The number of halogens is 1. The molecular weight excluding hydrogens is 448 g/mol. The van der Waals surface area contributed by atoms with E-state index in [1.54, 1.807) is 49.6 Å². The number of rotatable bonds is 6. The molecule has 3 aromatic rings. The minimum Gasteiger partial charge on any atom is -0.497 e. The number of esters is 1. The third-order valence-electron chi connectivity index (χ3n) is 4.61. The number of hydrogen-bond donors (Lipinski definition) is 1. The van der Waals surface area contributed by atoms with Gasteiger partial charge in [0.1, 0.15) is 28.0 Å². The maximum atomic E-state index is 12.9. The van der Waals surface area contributed by atoms with Gasteiger partial charge in [0.25, 0.3) is 5.91 Å². The van der Waals surface area contributed by atoms with Crippen molar-refractivity contribution in [2.45, 2.75) is 6.92 Å². The standard InChI is InChI=1S/C24H19ClN2O4S/c1-14-20(16-5-4-6-18(25)12-16)21(24(29)31-3)23(32-14)27-22(28)17(13-26)11-15-7-9-19(30-2)10-8-15/h4-12H,1-3H3,(H,27,28)/b17-11+. The molecule has 0 atom stereocenters. The van der Waals surface area contributed by atoms with Crippen LogP contribution in [-0.4, -0.2) is 26.1 Å². The van der Waals surface area contributed by atoms with Crippen molar-refractivity contribution in [2.24, 2.45) is 0 Å². The normalized spacial score (nSPS) is 10.9. The predicted molar refractivity (Wildman–Crippen MR) is 126 cm³/mol. The summed E-state index contributed by atoms with van der Waals surface area (Å²) in [4.78, 5) is 26.3. The first-order chi connectivity index (χ1) is 15.4. The topological polar surface area (TPSA) is 88.4 Å². The number of carbonyl (C=O) groups is 2. The van der Waals surface area contributed by atoms with E-state index in [2.05, 4.69) is 5.32 Å². The van der Waals surface area contributed by atoms with Crippen molar-refractivity contribution in [1.82, 2.24) is 0 Å². The summed E-state index contributed by atoms with van der Waals surface area (Å²) in [5, 5.41) is 13.0. The number of benzene rings is 2. The minimum atomic E-state index is -0.632. The maximum absolute atomic E-state index is 12.9. The van der Waals surface area contributed by atoms with Crippen molar-refractivity contribution in [1.29, 1.82) is 5.26 Å². The largest absolute Gasteiger partial charge is 0.497 e. The summed E-state index contributed by atoms with van der Waals surface area (Å²) in [6.07, 6.45) is 1.46. The molecule has 8 heteroatoms. The molecule has 6 nitrogen and oxygen atoms in total. The molecule has 0 aliphatic carbocycles. The molecule has 0 bridgehead atoms. The van der Waals surface area contributed by atoms with Crippen molar-refractivity contribution < 1.29 is 19.1 Å². The summed E-state index contributed by atoms with van der Waals surface area (Å²) < 4.78 is 10.1. The summed E-state index contributed by atoms with van der Waals surface area (Å²) in [6, 6.07) is 15.9. The van der Waals surface area contributed by atoms with Crippen LogP contribution in [0.1, 0.15) is 20.8 Å². The highest BCUT2D eigenvalue weighted by molar-refractivity contribution is 7.17. The van der Waals surface area contributed by atoms with Crippen LogP contribution in [0, 0.1) is 18.3 Å². The van der Waals surface area contributed by atoms with Crippen molar-refractivity contribution in [3.05, 3.63) is 75.1 Å². The number of carbonyl (C=O) groups excluding carboxylic acids is 2. The average Bonchev–Trinajstić information content (AvgIpc) is 3.12. The second-order valence-electron chi connectivity index (χ2n) is 6.64. The van der Waals surface area contributed by atoms with E-state index < -0.39 is 11.9 Å². The number of nitriles is 1. The van der Waals surface area contributed by atoms with Crippen LogP contribution in [0.3, 0.4) is 0 Å². The summed E-state index contributed by atoms with van der Waals surface area (Å²) >= 11 is 7.35. The Labute approximate surface area is 194 Å². The first kappa shape index (κ1) is 23.1. The van der Waals surface area contributed by atoms with Gasteiger partial charge in [0, 0.05) is 15.5 Å². The molecule has 2 aromatic carbocycles. The zero-order chi connectivity index (χ0) is 23.3. The van der Waals surface area contributed by atoms with Gasteiger partial charge in [-0.05, 0) is 48.4 Å². The van der Waals surface area contributed by atoms with Crippen molar-refractivity contribution in [3.8, 4) is 22.9 Å². The molecule has 0 aliphatic heterocycles. The fourth-order valence-corrected chi connectivity index (χ4v) is 4.36. The molecule has 0 radical (unpaired) electrons. The molecule has 0 saturated carbocycles. The van der Waals surface area contributed by atoms with Crippen LogP contribution in [-0.2, 0) is 9.53 Å². The molecule has 1 aromatic heterocycles. The van der Waals surface area contributed by atoms with Crippen molar-refractivity contribution in [2.75, 3.05) is 19.5 Å². The Hall–Kier alpha value is -3.60. The molecule has 1 amide bonds. The lowest BCUT2D eigenvalue weighted by molar-refractivity contribution is -0.112. The molecule has 0 spiro atoms. The van der Waals surface area contributed by atoms with Gasteiger partial charge >= 0.3 is 5.97 Å². The van der Waals surface area contributed by atoms with E-state index >= 15 is 0 Å². The van der Waals surface area contributed by atoms with Crippen LogP contribution in [0.5, 0.6) is 5.75 Å². The van der Waals surface area contributed by atoms with E-state index in [1.807, 2.05) is 19.1 Å². The predicted octanol–water partition coefficient (Wildman–Crippen LogP) is 5.72. The van der Waals surface area contributed by atoms with Crippen LogP contribution >= 0.6 is 22.9 Å². The van der Waals surface area contributed by atoms with E-state index in [0.29, 0.717) is 26.9 Å². The number of thiophene rings is 1. The van der Waals surface area contributed by atoms with Gasteiger partial charge in [-0.3, -0.25) is 4.79 Å².